The third kappa shape index (κ3) is 6.10. The molecule has 1 aliphatic heterocycles. The standard InChI is InChI=1S/C20H33N3O2/c1-16-8-5-6-9-18(16)19(22(2)3)20(24)21-12-7-15-25-17-10-13-23(4)14-11-17/h5-6,8-9,17,19H,7,10-15H2,1-4H3,(H,21,24). The Morgan fingerprint density at radius 1 is 1.32 bits per heavy atom. The van der Waals surface area contributed by atoms with Crippen LogP contribution < -0.4 is 5.32 Å². The fourth-order valence-corrected chi connectivity index (χ4v) is 3.33. The number of likely N-dealkylation sites (N-methyl/N-ethyl adjacent to an activating group) is 1. The average molecular weight is 348 g/mol. The van der Waals surface area contributed by atoms with Gasteiger partial charge in [0.25, 0.3) is 0 Å². The Kier molecular flexibility index (Phi) is 7.88. The summed E-state index contributed by atoms with van der Waals surface area (Å²) in [4.78, 5) is 16.9. The molecule has 25 heavy (non-hydrogen) atoms. The van der Waals surface area contributed by atoms with E-state index in [0.717, 1.165) is 43.5 Å². The van der Waals surface area contributed by atoms with Crippen molar-refractivity contribution in [3.8, 4) is 0 Å². The lowest BCUT2D eigenvalue weighted by atomic mass is 10.00. The average Bonchev–Trinajstić information content (AvgIpc) is 2.58. The van der Waals surface area contributed by atoms with Gasteiger partial charge in [-0.05, 0) is 58.5 Å². The Balaban J connectivity index is 1.73. The van der Waals surface area contributed by atoms with Crippen LogP contribution in [0.25, 0.3) is 0 Å². The maximum Gasteiger partial charge on any atom is 0.241 e. The molecule has 1 aliphatic rings. The minimum atomic E-state index is -0.254. The van der Waals surface area contributed by atoms with Crippen LogP contribution in [0.2, 0.25) is 0 Å². The zero-order chi connectivity index (χ0) is 18.2. The van der Waals surface area contributed by atoms with Gasteiger partial charge in [0.05, 0.1) is 6.10 Å². The molecule has 5 nitrogen and oxygen atoms in total. The van der Waals surface area contributed by atoms with Crippen LogP contribution in [0, 0.1) is 6.92 Å². The number of piperidine rings is 1. The van der Waals surface area contributed by atoms with Gasteiger partial charge in [0, 0.05) is 26.2 Å². The van der Waals surface area contributed by atoms with E-state index in [9.17, 15) is 4.79 Å². The molecule has 0 bridgehead atoms. The maximum absolute atomic E-state index is 12.6. The van der Waals surface area contributed by atoms with Crippen molar-refractivity contribution in [2.45, 2.75) is 38.3 Å². The summed E-state index contributed by atoms with van der Waals surface area (Å²) >= 11 is 0. The van der Waals surface area contributed by atoms with Crippen LogP contribution in [-0.2, 0) is 9.53 Å². The first-order valence-electron chi connectivity index (χ1n) is 9.29. The zero-order valence-electron chi connectivity index (χ0n) is 16.1. The highest BCUT2D eigenvalue weighted by Crippen LogP contribution is 2.21. The molecule has 1 amide bonds. The summed E-state index contributed by atoms with van der Waals surface area (Å²) in [6.45, 7) is 5.65. The lowest BCUT2D eigenvalue weighted by Crippen LogP contribution is -2.38. The summed E-state index contributed by atoms with van der Waals surface area (Å²) < 4.78 is 5.94. The highest BCUT2D eigenvalue weighted by molar-refractivity contribution is 5.83. The molecular formula is C20H33N3O2. The molecule has 0 radical (unpaired) electrons. The number of rotatable bonds is 8. The highest BCUT2D eigenvalue weighted by atomic mass is 16.5. The largest absolute Gasteiger partial charge is 0.378 e. The summed E-state index contributed by atoms with van der Waals surface area (Å²) in [7, 11) is 6.04. The molecule has 1 heterocycles. The van der Waals surface area contributed by atoms with Gasteiger partial charge in [-0.25, -0.2) is 0 Å². The van der Waals surface area contributed by atoms with E-state index in [1.54, 1.807) is 0 Å². The molecule has 1 atom stereocenters. The van der Waals surface area contributed by atoms with Crippen molar-refractivity contribution in [3.63, 3.8) is 0 Å². The Bertz CT molecular complexity index is 539. The number of nitrogens with zero attached hydrogens (tertiary/aromatic N) is 2. The van der Waals surface area contributed by atoms with E-state index in [1.807, 2.05) is 37.2 Å². The van der Waals surface area contributed by atoms with Crippen LogP contribution in [0.4, 0.5) is 0 Å². The van der Waals surface area contributed by atoms with Crippen molar-refractivity contribution < 1.29 is 9.53 Å². The molecule has 0 saturated carbocycles. The number of benzene rings is 1. The van der Waals surface area contributed by atoms with Crippen molar-refractivity contribution in [2.24, 2.45) is 0 Å². The normalized spacial score (nSPS) is 17.6. The number of likely N-dealkylation sites (tertiary alicyclic amines) is 1. The summed E-state index contributed by atoms with van der Waals surface area (Å²) in [5, 5.41) is 3.07. The Morgan fingerprint density at radius 3 is 2.64 bits per heavy atom. The highest BCUT2D eigenvalue weighted by Gasteiger charge is 2.23. The first-order valence-corrected chi connectivity index (χ1v) is 9.29. The van der Waals surface area contributed by atoms with Crippen molar-refractivity contribution in [1.82, 2.24) is 15.1 Å². The second kappa shape index (κ2) is 9.90. The first kappa shape index (κ1) is 19.9. The van der Waals surface area contributed by atoms with Crippen LogP contribution in [0.15, 0.2) is 24.3 Å². The number of hydrogen-bond donors (Lipinski definition) is 1. The third-order valence-corrected chi connectivity index (χ3v) is 4.89. The van der Waals surface area contributed by atoms with E-state index in [2.05, 4.69) is 30.3 Å². The fraction of sp³-hybridized carbons (Fsp3) is 0.650. The third-order valence-electron chi connectivity index (χ3n) is 4.89. The molecule has 140 valence electrons. The van der Waals surface area contributed by atoms with Crippen LogP contribution in [-0.4, -0.2) is 69.2 Å². The molecule has 0 aliphatic carbocycles. The van der Waals surface area contributed by atoms with E-state index < -0.39 is 0 Å². The maximum atomic E-state index is 12.6. The monoisotopic (exact) mass is 347 g/mol. The predicted molar refractivity (Wildman–Crippen MR) is 102 cm³/mol. The minimum Gasteiger partial charge on any atom is -0.378 e. The van der Waals surface area contributed by atoms with E-state index in [4.69, 9.17) is 4.74 Å². The SMILES string of the molecule is Cc1ccccc1C(C(=O)NCCCOC1CCN(C)CC1)N(C)C. The lowest BCUT2D eigenvalue weighted by molar-refractivity contribution is -0.125. The van der Waals surface area contributed by atoms with Gasteiger partial charge in [-0.3, -0.25) is 9.69 Å². The Hall–Kier alpha value is -1.43. The van der Waals surface area contributed by atoms with Crippen LogP contribution in [0.3, 0.4) is 0 Å². The van der Waals surface area contributed by atoms with E-state index in [-0.39, 0.29) is 11.9 Å². The number of aryl methyl sites for hydroxylation is 1. The molecule has 0 aromatic heterocycles. The molecule has 0 spiro atoms. The quantitative estimate of drug-likeness (QED) is 0.733. The second-order valence-electron chi connectivity index (χ2n) is 7.24. The van der Waals surface area contributed by atoms with Gasteiger partial charge in [-0.1, -0.05) is 24.3 Å². The second-order valence-corrected chi connectivity index (χ2v) is 7.24. The number of ether oxygens (including phenoxy) is 1. The van der Waals surface area contributed by atoms with Gasteiger partial charge in [-0.2, -0.15) is 0 Å². The Labute approximate surface area is 152 Å². The lowest BCUT2D eigenvalue weighted by Gasteiger charge is -2.29. The smallest absolute Gasteiger partial charge is 0.241 e. The van der Waals surface area contributed by atoms with Crippen LogP contribution in [0.1, 0.15) is 36.4 Å². The zero-order valence-corrected chi connectivity index (χ0v) is 16.1. The van der Waals surface area contributed by atoms with Crippen molar-refractivity contribution in [3.05, 3.63) is 35.4 Å². The molecule has 5 heteroatoms. The van der Waals surface area contributed by atoms with E-state index in [0.29, 0.717) is 19.3 Å². The first-order chi connectivity index (χ1) is 12.0. The summed E-state index contributed by atoms with van der Waals surface area (Å²) in [6.07, 6.45) is 3.46. The minimum absolute atomic E-state index is 0.0543. The number of hydrogen-bond acceptors (Lipinski definition) is 4. The van der Waals surface area contributed by atoms with Gasteiger partial charge < -0.3 is 15.0 Å². The van der Waals surface area contributed by atoms with Crippen molar-refractivity contribution in [1.29, 1.82) is 0 Å². The van der Waals surface area contributed by atoms with Crippen LogP contribution in [0.5, 0.6) is 0 Å². The molecule has 1 aromatic carbocycles. The van der Waals surface area contributed by atoms with E-state index >= 15 is 0 Å². The number of carbonyl (C=O) groups excluding carboxylic acids is 1. The van der Waals surface area contributed by atoms with Crippen molar-refractivity contribution in [2.75, 3.05) is 47.4 Å². The molecule has 1 unspecified atom stereocenters. The molecule has 1 N–H and O–H groups in total. The van der Waals surface area contributed by atoms with Gasteiger partial charge in [0.15, 0.2) is 0 Å². The molecule has 2 rings (SSSR count). The number of carbonyl (C=O) groups is 1. The summed E-state index contributed by atoms with van der Waals surface area (Å²) in [5.74, 6) is 0.0543. The number of nitrogens with one attached hydrogen (secondary N) is 1. The summed E-state index contributed by atoms with van der Waals surface area (Å²) in [5.41, 5.74) is 2.20. The topological polar surface area (TPSA) is 44.8 Å². The molecule has 1 saturated heterocycles. The molecule has 1 fully saturated rings. The van der Waals surface area contributed by atoms with Gasteiger partial charge in [0.1, 0.15) is 6.04 Å². The Morgan fingerprint density at radius 2 is 2.00 bits per heavy atom. The number of amides is 1. The molecule has 1 aromatic rings. The summed E-state index contributed by atoms with van der Waals surface area (Å²) in [6, 6.07) is 7.82. The van der Waals surface area contributed by atoms with Crippen LogP contribution >= 0.6 is 0 Å². The fourth-order valence-electron chi connectivity index (χ4n) is 3.33. The van der Waals surface area contributed by atoms with E-state index in [1.165, 1.54) is 0 Å². The van der Waals surface area contributed by atoms with Crippen molar-refractivity contribution >= 4 is 5.91 Å². The van der Waals surface area contributed by atoms with Gasteiger partial charge in [0.2, 0.25) is 5.91 Å². The van der Waals surface area contributed by atoms with Gasteiger partial charge in [-0.15, -0.1) is 0 Å². The predicted octanol–water partition coefficient (Wildman–Crippen LogP) is 2.21. The molecular weight excluding hydrogens is 314 g/mol. The van der Waals surface area contributed by atoms with Gasteiger partial charge >= 0.3 is 0 Å².